The van der Waals surface area contributed by atoms with Gasteiger partial charge in [0.15, 0.2) is 11.0 Å². The summed E-state index contributed by atoms with van der Waals surface area (Å²) in [6, 6.07) is 26.3. The lowest BCUT2D eigenvalue weighted by atomic mass is 10.1. The van der Waals surface area contributed by atoms with E-state index >= 15 is 0 Å². The molecule has 0 bridgehead atoms. The van der Waals surface area contributed by atoms with Crippen molar-refractivity contribution in [3.8, 4) is 17.1 Å². The predicted molar refractivity (Wildman–Crippen MR) is 140 cm³/mol. The molecular weight excluding hydrogens is 456 g/mol. The number of methoxy groups -OCH3 is 1. The molecule has 0 aliphatic carbocycles. The summed E-state index contributed by atoms with van der Waals surface area (Å²) in [4.78, 5) is 15.3. The van der Waals surface area contributed by atoms with E-state index in [2.05, 4.69) is 33.0 Å². The summed E-state index contributed by atoms with van der Waals surface area (Å²) in [6.07, 6.45) is 1.72. The molecule has 7 heteroatoms. The number of anilines is 1. The van der Waals surface area contributed by atoms with Crippen molar-refractivity contribution in [2.24, 2.45) is 0 Å². The molecule has 5 rings (SSSR count). The third kappa shape index (κ3) is 4.82. The molecule has 0 N–H and O–H groups in total. The zero-order valence-corrected chi connectivity index (χ0v) is 20.7. The standard InChI is InChI=1S/C28H28N4O2S/c1-20(27(33)31-19-17-22-12-6-8-14-24(22)31)35-28-30-29-26(23-13-7-9-15-25(23)34-2)32(28)18-16-21-10-4-3-5-11-21/h3-15,20H,16-19H2,1-2H3. The van der Waals surface area contributed by atoms with Crippen molar-refractivity contribution in [2.45, 2.75) is 36.7 Å². The Bertz CT molecular complexity index is 1320. The quantitative estimate of drug-likeness (QED) is 0.319. The van der Waals surface area contributed by atoms with Gasteiger partial charge < -0.3 is 14.2 Å². The van der Waals surface area contributed by atoms with Gasteiger partial charge in [-0.15, -0.1) is 10.2 Å². The first-order valence-electron chi connectivity index (χ1n) is 11.8. The van der Waals surface area contributed by atoms with Gasteiger partial charge in [-0.3, -0.25) is 4.79 Å². The molecule has 0 saturated carbocycles. The molecule has 178 valence electrons. The largest absolute Gasteiger partial charge is 0.496 e. The number of hydrogen-bond acceptors (Lipinski definition) is 5. The molecule has 1 unspecified atom stereocenters. The number of hydrogen-bond donors (Lipinski definition) is 0. The monoisotopic (exact) mass is 484 g/mol. The number of amides is 1. The van der Waals surface area contributed by atoms with E-state index in [0.717, 1.165) is 47.4 Å². The zero-order chi connectivity index (χ0) is 24.2. The number of thioether (sulfide) groups is 1. The zero-order valence-electron chi connectivity index (χ0n) is 19.9. The SMILES string of the molecule is COc1ccccc1-c1nnc(SC(C)C(=O)N2CCc3ccccc32)n1CCc1ccccc1. The van der Waals surface area contributed by atoms with Crippen molar-refractivity contribution < 1.29 is 9.53 Å². The molecule has 0 radical (unpaired) electrons. The number of fused-ring (bicyclic) bond motifs is 1. The van der Waals surface area contributed by atoms with Gasteiger partial charge in [-0.2, -0.15) is 0 Å². The average molecular weight is 485 g/mol. The summed E-state index contributed by atoms with van der Waals surface area (Å²) in [5, 5.41) is 9.50. The Hall–Kier alpha value is -3.58. The molecule has 0 saturated heterocycles. The second kappa shape index (κ2) is 10.4. The Morgan fingerprint density at radius 1 is 1.00 bits per heavy atom. The van der Waals surface area contributed by atoms with Crippen LogP contribution >= 0.6 is 11.8 Å². The van der Waals surface area contributed by atoms with Crippen molar-refractivity contribution in [3.05, 3.63) is 90.0 Å². The molecule has 0 spiro atoms. The van der Waals surface area contributed by atoms with E-state index < -0.39 is 0 Å². The van der Waals surface area contributed by atoms with Crippen LogP contribution in [0.3, 0.4) is 0 Å². The van der Waals surface area contributed by atoms with Gasteiger partial charge in [-0.05, 0) is 49.1 Å². The Morgan fingerprint density at radius 3 is 2.57 bits per heavy atom. The lowest BCUT2D eigenvalue weighted by Crippen LogP contribution is -2.35. The molecule has 1 atom stereocenters. The third-order valence-corrected chi connectivity index (χ3v) is 7.38. The average Bonchev–Trinajstić information content (AvgIpc) is 3.51. The Labute approximate surface area is 210 Å². The summed E-state index contributed by atoms with van der Waals surface area (Å²) in [5.41, 5.74) is 4.36. The molecule has 2 heterocycles. The van der Waals surface area contributed by atoms with Gasteiger partial charge in [0.25, 0.3) is 0 Å². The second-order valence-electron chi connectivity index (χ2n) is 8.52. The number of para-hydroxylation sites is 2. The summed E-state index contributed by atoms with van der Waals surface area (Å²) < 4.78 is 7.71. The number of carbonyl (C=O) groups is 1. The van der Waals surface area contributed by atoms with E-state index in [-0.39, 0.29) is 11.2 Å². The summed E-state index contributed by atoms with van der Waals surface area (Å²) in [6.45, 7) is 3.36. The van der Waals surface area contributed by atoms with Crippen LogP contribution in [0.4, 0.5) is 5.69 Å². The minimum atomic E-state index is -0.300. The molecule has 35 heavy (non-hydrogen) atoms. The molecule has 1 amide bonds. The first kappa shape index (κ1) is 23.2. The van der Waals surface area contributed by atoms with Crippen LogP contribution in [0.15, 0.2) is 84.0 Å². The number of ether oxygens (including phenoxy) is 1. The van der Waals surface area contributed by atoms with Crippen LogP contribution in [0.1, 0.15) is 18.1 Å². The van der Waals surface area contributed by atoms with Crippen molar-refractivity contribution in [1.29, 1.82) is 0 Å². The first-order chi connectivity index (χ1) is 17.2. The van der Waals surface area contributed by atoms with Crippen LogP contribution in [0.25, 0.3) is 11.4 Å². The van der Waals surface area contributed by atoms with E-state index in [1.54, 1.807) is 7.11 Å². The minimum Gasteiger partial charge on any atom is -0.496 e. The predicted octanol–water partition coefficient (Wildman–Crippen LogP) is 5.27. The normalized spacial score (nSPS) is 13.5. The van der Waals surface area contributed by atoms with Gasteiger partial charge in [0, 0.05) is 18.8 Å². The summed E-state index contributed by atoms with van der Waals surface area (Å²) >= 11 is 1.46. The summed E-state index contributed by atoms with van der Waals surface area (Å²) in [7, 11) is 1.66. The van der Waals surface area contributed by atoms with Gasteiger partial charge in [0.2, 0.25) is 5.91 Å². The Morgan fingerprint density at radius 2 is 1.74 bits per heavy atom. The molecule has 4 aromatic rings. The van der Waals surface area contributed by atoms with Gasteiger partial charge in [0.05, 0.1) is 17.9 Å². The molecule has 1 aromatic heterocycles. The highest BCUT2D eigenvalue weighted by molar-refractivity contribution is 8.00. The van der Waals surface area contributed by atoms with Crippen LogP contribution in [0.5, 0.6) is 5.75 Å². The second-order valence-corrected chi connectivity index (χ2v) is 9.83. The molecular formula is C28H28N4O2S. The number of rotatable bonds is 8. The summed E-state index contributed by atoms with van der Waals surface area (Å²) in [5.74, 6) is 1.58. The maximum Gasteiger partial charge on any atom is 0.240 e. The molecule has 1 aliphatic heterocycles. The number of carbonyl (C=O) groups excluding carboxylic acids is 1. The van der Waals surface area contributed by atoms with E-state index in [9.17, 15) is 4.79 Å². The highest BCUT2D eigenvalue weighted by Gasteiger charge is 2.30. The Balaban J connectivity index is 1.43. The fourth-order valence-electron chi connectivity index (χ4n) is 4.49. The molecule has 0 fully saturated rings. The highest BCUT2D eigenvalue weighted by atomic mass is 32.2. The molecule has 1 aliphatic rings. The fraction of sp³-hybridized carbons (Fsp3) is 0.250. The van der Waals surface area contributed by atoms with Crippen molar-refractivity contribution in [1.82, 2.24) is 14.8 Å². The third-order valence-electron chi connectivity index (χ3n) is 6.31. The van der Waals surface area contributed by atoms with E-state index in [0.29, 0.717) is 6.54 Å². The molecule has 6 nitrogen and oxygen atoms in total. The van der Waals surface area contributed by atoms with Crippen LogP contribution in [-0.2, 0) is 24.2 Å². The van der Waals surface area contributed by atoms with Gasteiger partial charge in [-0.25, -0.2) is 0 Å². The fourth-order valence-corrected chi connectivity index (χ4v) is 5.42. The van der Waals surface area contributed by atoms with Crippen LogP contribution < -0.4 is 9.64 Å². The van der Waals surface area contributed by atoms with Gasteiger partial charge >= 0.3 is 0 Å². The maximum atomic E-state index is 13.4. The first-order valence-corrected chi connectivity index (χ1v) is 12.7. The van der Waals surface area contributed by atoms with Gasteiger partial charge in [-0.1, -0.05) is 72.4 Å². The number of nitrogens with zero attached hydrogens (tertiary/aromatic N) is 4. The van der Waals surface area contributed by atoms with E-state index in [1.807, 2.05) is 72.5 Å². The Kier molecular flexibility index (Phi) is 6.86. The van der Waals surface area contributed by atoms with E-state index in [4.69, 9.17) is 4.74 Å². The van der Waals surface area contributed by atoms with Crippen LogP contribution in [-0.4, -0.2) is 39.6 Å². The van der Waals surface area contributed by atoms with Crippen LogP contribution in [0.2, 0.25) is 0 Å². The topological polar surface area (TPSA) is 60.3 Å². The maximum absolute atomic E-state index is 13.4. The van der Waals surface area contributed by atoms with Crippen LogP contribution in [0, 0.1) is 0 Å². The van der Waals surface area contributed by atoms with Crippen molar-refractivity contribution in [3.63, 3.8) is 0 Å². The van der Waals surface area contributed by atoms with Gasteiger partial charge in [0.1, 0.15) is 5.75 Å². The number of aryl methyl sites for hydroxylation is 1. The number of benzene rings is 3. The molecule has 3 aromatic carbocycles. The van der Waals surface area contributed by atoms with Crippen molar-refractivity contribution >= 4 is 23.4 Å². The lowest BCUT2D eigenvalue weighted by molar-refractivity contribution is -0.117. The smallest absolute Gasteiger partial charge is 0.240 e. The minimum absolute atomic E-state index is 0.0939. The van der Waals surface area contributed by atoms with E-state index in [1.165, 1.54) is 22.9 Å². The number of aromatic nitrogens is 3. The lowest BCUT2D eigenvalue weighted by Gasteiger charge is -2.21. The highest BCUT2D eigenvalue weighted by Crippen LogP contribution is 2.34. The van der Waals surface area contributed by atoms with Crippen molar-refractivity contribution in [2.75, 3.05) is 18.6 Å².